The molecule has 1 atom stereocenters. The number of likely N-dealkylation sites (tertiary alicyclic amines) is 1. The van der Waals surface area contributed by atoms with Gasteiger partial charge in [-0.05, 0) is 68.2 Å². The first kappa shape index (κ1) is 14.2. The molecule has 4 rings (SSSR count). The third-order valence-electron chi connectivity index (χ3n) is 5.54. The lowest BCUT2D eigenvalue weighted by atomic mass is 10.00. The molecule has 114 valence electrons. The Morgan fingerprint density at radius 2 is 1.90 bits per heavy atom. The van der Waals surface area contributed by atoms with Crippen LogP contribution in [0, 0.1) is 5.92 Å². The predicted molar refractivity (Wildman–Crippen MR) is 90.5 cm³/mol. The molecule has 1 aromatic carbocycles. The van der Waals surface area contributed by atoms with E-state index in [1.807, 2.05) is 0 Å². The minimum Gasteiger partial charge on any atom is -0.314 e. The number of halogens is 1. The van der Waals surface area contributed by atoms with Crippen molar-refractivity contribution in [2.45, 2.75) is 50.6 Å². The van der Waals surface area contributed by atoms with E-state index >= 15 is 0 Å². The molecule has 1 heterocycles. The van der Waals surface area contributed by atoms with E-state index in [1.54, 1.807) is 11.1 Å². The van der Waals surface area contributed by atoms with Gasteiger partial charge in [0.15, 0.2) is 0 Å². The molecule has 1 unspecified atom stereocenters. The predicted octanol–water partition coefficient (Wildman–Crippen LogP) is 3.90. The molecule has 3 heteroatoms. The quantitative estimate of drug-likeness (QED) is 0.887. The van der Waals surface area contributed by atoms with E-state index in [1.165, 1.54) is 62.6 Å². The van der Waals surface area contributed by atoms with Crippen LogP contribution in [0.5, 0.6) is 0 Å². The molecular weight excluding hydrogens is 324 g/mol. The standard InChI is InChI=1S/C18H25BrN2/c19-17-3-1-2-16-15(17)6-7-18(16)21-10-8-14(9-11-21)20-12-13-4-5-13/h1-3,13-14,18,20H,4-12H2. The van der Waals surface area contributed by atoms with Crippen molar-refractivity contribution in [3.05, 3.63) is 33.8 Å². The molecular formula is C18H25BrN2. The summed E-state index contributed by atoms with van der Waals surface area (Å²) in [4.78, 5) is 2.73. The molecule has 21 heavy (non-hydrogen) atoms. The van der Waals surface area contributed by atoms with Crippen molar-refractivity contribution in [1.29, 1.82) is 0 Å². The Bertz CT molecular complexity index is 504. The number of benzene rings is 1. The largest absolute Gasteiger partial charge is 0.314 e. The van der Waals surface area contributed by atoms with Gasteiger partial charge in [-0.2, -0.15) is 0 Å². The van der Waals surface area contributed by atoms with E-state index in [0.29, 0.717) is 6.04 Å². The molecule has 2 nitrogen and oxygen atoms in total. The van der Waals surface area contributed by atoms with Gasteiger partial charge in [0.05, 0.1) is 0 Å². The van der Waals surface area contributed by atoms with Gasteiger partial charge in [-0.3, -0.25) is 4.90 Å². The molecule has 1 aromatic rings. The van der Waals surface area contributed by atoms with E-state index in [0.717, 1.165) is 12.0 Å². The molecule has 3 aliphatic rings. The van der Waals surface area contributed by atoms with Gasteiger partial charge in [-0.25, -0.2) is 0 Å². The van der Waals surface area contributed by atoms with Crippen LogP contribution >= 0.6 is 15.9 Å². The zero-order valence-corrected chi connectivity index (χ0v) is 14.2. The average Bonchev–Trinajstić information content (AvgIpc) is 3.24. The summed E-state index contributed by atoms with van der Waals surface area (Å²) in [5.74, 6) is 1.00. The Balaban J connectivity index is 1.35. The van der Waals surface area contributed by atoms with E-state index < -0.39 is 0 Å². The lowest BCUT2D eigenvalue weighted by molar-refractivity contribution is 0.142. The normalized spacial score (nSPS) is 27.0. The van der Waals surface area contributed by atoms with Crippen LogP contribution in [-0.4, -0.2) is 30.6 Å². The Morgan fingerprint density at radius 1 is 1.10 bits per heavy atom. The summed E-state index contributed by atoms with van der Waals surface area (Å²) >= 11 is 3.72. The van der Waals surface area contributed by atoms with Crippen LogP contribution in [0.25, 0.3) is 0 Å². The molecule has 0 radical (unpaired) electrons. The van der Waals surface area contributed by atoms with Crippen LogP contribution in [0.1, 0.15) is 49.3 Å². The number of nitrogens with one attached hydrogen (secondary N) is 1. The maximum atomic E-state index is 3.79. The first-order valence-electron chi connectivity index (χ1n) is 8.56. The van der Waals surface area contributed by atoms with Gasteiger partial charge in [0.25, 0.3) is 0 Å². The van der Waals surface area contributed by atoms with Gasteiger partial charge in [-0.1, -0.05) is 28.1 Å². The van der Waals surface area contributed by atoms with E-state index in [2.05, 4.69) is 44.3 Å². The molecule has 1 N–H and O–H groups in total. The van der Waals surface area contributed by atoms with Gasteiger partial charge in [0.1, 0.15) is 0 Å². The van der Waals surface area contributed by atoms with Crippen LogP contribution in [0.4, 0.5) is 0 Å². The van der Waals surface area contributed by atoms with E-state index in [9.17, 15) is 0 Å². The fourth-order valence-electron chi connectivity index (χ4n) is 4.04. The third kappa shape index (κ3) is 3.06. The zero-order chi connectivity index (χ0) is 14.2. The summed E-state index contributed by atoms with van der Waals surface area (Å²) in [6.07, 6.45) is 8.11. The van der Waals surface area contributed by atoms with Gasteiger partial charge in [0, 0.05) is 29.6 Å². The summed E-state index contributed by atoms with van der Waals surface area (Å²) in [6, 6.07) is 8.17. The topological polar surface area (TPSA) is 15.3 Å². The highest BCUT2D eigenvalue weighted by Gasteiger charge is 2.32. The van der Waals surface area contributed by atoms with Crippen LogP contribution in [0.15, 0.2) is 22.7 Å². The highest BCUT2D eigenvalue weighted by atomic mass is 79.9. The highest BCUT2D eigenvalue weighted by molar-refractivity contribution is 9.10. The highest BCUT2D eigenvalue weighted by Crippen LogP contribution is 2.40. The maximum absolute atomic E-state index is 3.79. The number of rotatable bonds is 4. The van der Waals surface area contributed by atoms with Gasteiger partial charge < -0.3 is 5.32 Å². The second-order valence-electron chi connectivity index (χ2n) is 7.02. The second-order valence-corrected chi connectivity index (χ2v) is 7.88. The van der Waals surface area contributed by atoms with Crippen molar-refractivity contribution in [3.63, 3.8) is 0 Å². The molecule has 2 aliphatic carbocycles. The second kappa shape index (κ2) is 6.02. The van der Waals surface area contributed by atoms with Crippen LogP contribution in [-0.2, 0) is 6.42 Å². The average molecular weight is 349 g/mol. The number of hydrogen-bond donors (Lipinski definition) is 1. The summed E-state index contributed by atoms with van der Waals surface area (Å²) in [5, 5.41) is 3.79. The zero-order valence-electron chi connectivity index (χ0n) is 12.7. The molecule has 1 saturated carbocycles. The Hall–Kier alpha value is -0.380. The van der Waals surface area contributed by atoms with Crippen molar-refractivity contribution in [3.8, 4) is 0 Å². The Morgan fingerprint density at radius 3 is 2.67 bits per heavy atom. The summed E-state index contributed by atoms with van der Waals surface area (Å²) in [7, 11) is 0. The SMILES string of the molecule is Brc1cccc2c1CCC2N1CCC(NCC2CC2)CC1. The molecule has 0 amide bonds. The maximum Gasteiger partial charge on any atom is 0.0354 e. The van der Waals surface area contributed by atoms with Crippen molar-refractivity contribution in [2.75, 3.05) is 19.6 Å². The number of hydrogen-bond acceptors (Lipinski definition) is 2. The Kier molecular flexibility index (Phi) is 4.08. The summed E-state index contributed by atoms with van der Waals surface area (Å²) < 4.78 is 1.31. The summed E-state index contributed by atoms with van der Waals surface area (Å²) in [6.45, 7) is 3.79. The van der Waals surface area contributed by atoms with E-state index in [4.69, 9.17) is 0 Å². The minimum absolute atomic E-state index is 0.668. The smallest absolute Gasteiger partial charge is 0.0354 e. The molecule has 0 aromatic heterocycles. The molecule has 0 bridgehead atoms. The van der Waals surface area contributed by atoms with Gasteiger partial charge in [0.2, 0.25) is 0 Å². The fourth-order valence-corrected chi connectivity index (χ4v) is 4.62. The lowest BCUT2D eigenvalue weighted by Gasteiger charge is -2.36. The van der Waals surface area contributed by atoms with Gasteiger partial charge >= 0.3 is 0 Å². The van der Waals surface area contributed by atoms with E-state index in [-0.39, 0.29) is 0 Å². The Labute approximate surface area is 136 Å². The summed E-state index contributed by atoms with van der Waals surface area (Å²) in [5.41, 5.74) is 3.13. The molecule has 1 aliphatic heterocycles. The monoisotopic (exact) mass is 348 g/mol. The molecule has 2 fully saturated rings. The van der Waals surface area contributed by atoms with Crippen molar-refractivity contribution < 1.29 is 0 Å². The van der Waals surface area contributed by atoms with Crippen LogP contribution in [0.2, 0.25) is 0 Å². The third-order valence-corrected chi connectivity index (χ3v) is 6.29. The fraction of sp³-hybridized carbons (Fsp3) is 0.667. The van der Waals surface area contributed by atoms with Crippen LogP contribution in [0.3, 0.4) is 0 Å². The number of piperidine rings is 1. The van der Waals surface area contributed by atoms with Gasteiger partial charge in [-0.15, -0.1) is 0 Å². The lowest BCUT2D eigenvalue weighted by Crippen LogP contribution is -2.44. The van der Waals surface area contributed by atoms with Crippen molar-refractivity contribution in [2.24, 2.45) is 5.92 Å². The molecule has 1 saturated heterocycles. The van der Waals surface area contributed by atoms with Crippen molar-refractivity contribution >= 4 is 15.9 Å². The number of fused-ring (bicyclic) bond motifs is 1. The van der Waals surface area contributed by atoms with Crippen molar-refractivity contribution in [1.82, 2.24) is 10.2 Å². The first-order valence-corrected chi connectivity index (χ1v) is 9.35. The van der Waals surface area contributed by atoms with Crippen LogP contribution < -0.4 is 5.32 Å². The first-order chi connectivity index (χ1) is 10.3. The molecule has 0 spiro atoms. The minimum atomic E-state index is 0.668. The number of nitrogens with zero attached hydrogens (tertiary/aromatic N) is 1.